The van der Waals surface area contributed by atoms with Gasteiger partial charge in [0.25, 0.3) is 0 Å². The van der Waals surface area contributed by atoms with Gasteiger partial charge in [-0.3, -0.25) is 14.3 Å². The van der Waals surface area contributed by atoms with E-state index in [1.807, 2.05) is 41.8 Å². The molecule has 1 atom stereocenters. The summed E-state index contributed by atoms with van der Waals surface area (Å²) in [6, 6.07) is 9.57. The highest BCUT2D eigenvalue weighted by Crippen LogP contribution is 2.36. The SMILES string of the molecule is Cc1c(Cl)cccc1-n1c(SC2CCCC2=O)nnc1-c1ccncc1. The van der Waals surface area contributed by atoms with Crippen LogP contribution in [0.15, 0.2) is 47.9 Å². The lowest BCUT2D eigenvalue weighted by atomic mass is 10.2. The van der Waals surface area contributed by atoms with Gasteiger partial charge in [0.05, 0.1) is 10.9 Å². The van der Waals surface area contributed by atoms with Crippen molar-refractivity contribution in [2.45, 2.75) is 36.6 Å². The standard InChI is InChI=1S/C19H17ClN4OS/c1-12-14(20)4-2-5-15(12)24-18(13-8-10-21-11-9-13)22-23-19(24)26-17-7-3-6-16(17)25/h2,4-5,8-11,17H,3,6-7H2,1H3. The summed E-state index contributed by atoms with van der Waals surface area (Å²) in [4.78, 5) is 16.2. The van der Waals surface area contributed by atoms with Gasteiger partial charge in [-0.25, -0.2) is 0 Å². The number of carbonyl (C=O) groups excluding carboxylic acids is 1. The fourth-order valence-corrected chi connectivity index (χ4v) is 4.46. The summed E-state index contributed by atoms with van der Waals surface area (Å²) in [5.74, 6) is 1.00. The summed E-state index contributed by atoms with van der Waals surface area (Å²) in [6.07, 6.45) is 5.94. The second-order valence-corrected chi connectivity index (χ2v) is 7.80. The van der Waals surface area contributed by atoms with Crippen LogP contribution in [-0.4, -0.2) is 30.8 Å². The van der Waals surface area contributed by atoms with E-state index in [0.717, 1.165) is 29.7 Å². The Hall–Kier alpha value is -2.18. The number of pyridine rings is 1. The normalized spacial score (nSPS) is 17.0. The van der Waals surface area contributed by atoms with Crippen molar-refractivity contribution >= 4 is 29.1 Å². The van der Waals surface area contributed by atoms with Gasteiger partial charge in [0.15, 0.2) is 11.0 Å². The summed E-state index contributed by atoms with van der Waals surface area (Å²) in [6.45, 7) is 1.98. The first-order valence-electron chi connectivity index (χ1n) is 8.46. The number of halogens is 1. The van der Waals surface area contributed by atoms with Crippen LogP contribution in [0, 0.1) is 6.92 Å². The van der Waals surface area contributed by atoms with E-state index in [4.69, 9.17) is 11.6 Å². The average Bonchev–Trinajstić information content (AvgIpc) is 3.25. The second kappa shape index (κ2) is 7.21. The molecule has 132 valence electrons. The molecule has 0 saturated heterocycles. The Kier molecular flexibility index (Phi) is 4.78. The van der Waals surface area contributed by atoms with Crippen LogP contribution in [-0.2, 0) is 4.79 Å². The molecule has 5 nitrogen and oxygen atoms in total. The molecule has 1 aliphatic carbocycles. The summed E-state index contributed by atoms with van der Waals surface area (Å²) in [5.41, 5.74) is 2.78. The van der Waals surface area contributed by atoms with Gasteiger partial charge in [-0.05, 0) is 49.6 Å². The maximum Gasteiger partial charge on any atom is 0.196 e. The molecule has 7 heteroatoms. The molecule has 1 aliphatic rings. The Labute approximate surface area is 160 Å². The zero-order chi connectivity index (χ0) is 18.1. The van der Waals surface area contributed by atoms with Crippen LogP contribution in [0.3, 0.4) is 0 Å². The molecule has 0 radical (unpaired) electrons. The molecule has 3 aromatic rings. The molecule has 0 amide bonds. The highest BCUT2D eigenvalue weighted by Gasteiger charge is 2.29. The van der Waals surface area contributed by atoms with Gasteiger partial charge < -0.3 is 0 Å². The minimum Gasteiger partial charge on any atom is -0.298 e. The van der Waals surface area contributed by atoms with E-state index in [1.54, 1.807) is 12.4 Å². The number of nitrogens with zero attached hydrogens (tertiary/aromatic N) is 4. The van der Waals surface area contributed by atoms with Crippen molar-refractivity contribution in [1.82, 2.24) is 19.7 Å². The molecule has 0 bridgehead atoms. The van der Waals surface area contributed by atoms with Crippen molar-refractivity contribution in [2.75, 3.05) is 0 Å². The molecule has 0 N–H and O–H groups in total. The Morgan fingerprint density at radius 3 is 2.73 bits per heavy atom. The van der Waals surface area contributed by atoms with Crippen LogP contribution in [0.25, 0.3) is 17.1 Å². The molecule has 2 aromatic heterocycles. The third-order valence-corrected chi connectivity index (χ3v) is 6.22. The van der Waals surface area contributed by atoms with E-state index in [-0.39, 0.29) is 11.0 Å². The first-order valence-corrected chi connectivity index (χ1v) is 9.71. The van der Waals surface area contributed by atoms with Crippen molar-refractivity contribution in [1.29, 1.82) is 0 Å². The minimum atomic E-state index is -0.0530. The van der Waals surface area contributed by atoms with Crippen LogP contribution in [0.1, 0.15) is 24.8 Å². The lowest BCUT2D eigenvalue weighted by Gasteiger charge is -2.15. The van der Waals surface area contributed by atoms with Crippen LogP contribution in [0.2, 0.25) is 5.02 Å². The topological polar surface area (TPSA) is 60.7 Å². The van der Waals surface area contributed by atoms with Crippen molar-refractivity contribution < 1.29 is 4.79 Å². The highest BCUT2D eigenvalue weighted by molar-refractivity contribution is 8.00. The number of aromatic nitrogens is 4. The van der Waals surface area contributed by atoms with Crippen molar-refractivity contribution in [3.8, 4) is 17.1 Å². The zero-order valence-corrected chi connectivity index (χ0v) is 15.8. The largest absolute Gasteiger partial charge is 0.298 e. The molecule has 26 heavy (non-hydrogen) atoms. The maximum atomic E-state index is 12.1. The zero-order valence-electron chi connectivity index (χ0n) is 14.2. The molecule has 4 rings (SSSR count). The van der Waals surface area contributed by atoms with E-state index >= 15 is 0 Å². The monoisotopic (exact) mass is 384 g/mol. The lowest BCUT2D eigenvalue weighted by molar-refractivity contribution is -0.116. The maximum absolute atomic E-state index is 12.1. The number of carbonyl (C=O) groups is 1. The highest BCUT2D eigenvalue weighted by atomic mass is 35.5. The smallest absolute Gasteiger partial charge is 0.196 e. The quantitative estimate of drug-likeness (QED) is 0.662. The van der Waals surface area contributed by atoms with Gasteiger partial charge in [0.2, 0.25) is 0 Å². The molecule has 1 saturated carbocycles. The molecular formula is C19H17ClN4OS. The third kappa shape index (κ3) is 3.15. The van der Waals surface area contributed by atoms with Gasteiger partial charge in [-0.2, -0.15) is 0 Å². The first kappa shape index (κ1) is 17.2. The number of ketones is 1. The summed E-state index contributed by atoms with van der Waals surface area (Å²) in [5, 5.41) is 10.2. The van der Waals surface area contributed by atoms with Gasteiger partial charge in [0, 0.05) is 29.4 Å². The molecule has 1 fully saturated rings. The van der Waals surface area contributed by atoms with Gasteiger partial charge in [-0.1, -0.05) is 29.4 Å². The van der Waals surface area contributed by atoms with Crippen LogP contribution >= 0.6 is 23.4 Å². The first-order chi connectivity index (χ1) is 12.6. The average molecular weight is 385 g/mol. The van der Waals surface area contributed by atoms with E-state index < -0.39 is 0 Å². The van der Waals surface area contributed by atoms with Crippen LogP contribution in [0.5, 0.6) is 0 Å². The molecule has 0 aliphatic heterocycles. The number of benzene rings is 1. The Morgan fingerprint density at radius 2 is 2.00 bits per heavy atom. The minimum absolute atomic E-state index is 0.0530. The molecule has 1 aromatic carbocycles. The van der Waals surface area contributed by atoms with E-state index in [1.165, 1.54) is 11.8 Å². The Morgan fingerprint density at radius 1 is 1.19 bits per heavy atom. The van der Waals surface area contributed by atoms with Crippen molar-refractivity contribution in [3.05, 3.63) is 53.3 Å². The Balaban J connectivity index is 1.86. The fourth-order valence-electron chi connectivity index (χ4n) is 3.13. The summed E-state index contributed by atoms with van der Waals surface area (Å²) >= 11 is 7.84. The number of rotatable bonds is 4. The predicted molar refractivity (Wildman–Crippen MR) is 103 cm³/mol. The second-order valence-electron chi connectivity index (χ2n) is 6.23. The van der Waals surface area contributed by atoms with E-state index in [9.17, 15) is 4.79 Å². The van der Waals surface area contributed by atoms with Gasteiger partial charge in [0.1, 0.15) is 5.78 Å². The molecule has 2 heterocycles. The third-order valence-electron chi connectivity index (χ3n) is 4.55. The molecule has 1 unspecified atom stereocenters. The lowest BCUT2D eigenvalue weighted by Crippen LogP contribution is -2.10. The van der Waals surface area contributed by atoms with E-state index in [0.29, 0.717) is 22.4 Å². The molecular weight excluding hydrogens is 368 g/mol. The number of Topliss-reactive ketones (excluding diaryl/α,β-unsaturated/α-hetero) is 1. The number of hydrogen-bond acceptors (Lipinski definition) is 5. The predicted octanol–water partition coefficient (Wildman–Crippen LogP) is 4.50. The van der Waals surface area contributed by atoms with Crippen LogP contribution in [0.4, 0.5) is 0 Å². The summed E-state index contributed by atoms with van der Waals surface area (Å²) in [7, 11) is 0. The van der Waals surface area contributed by atoms with E-state index in [2.05, 4.69) is 15.2 Å². The van der Waals surface area contributed by atoms with Crippen molar-refractivity contribution in [2.24, 2.45) is 0 Å². The molecule has 0 spiro atoms. The number of hydrogen-bond donors (Lipinski definition) is 0. The number of thioether (sulfide) groups is 1. The van der Waals surface area contributed by atoms with Crippen LogP contribution < -0.4 is 0 Å². The van der Waals surface area contributed by atoms with Crippen molar-refractivity contribution in [3.63, 3.8) is 0 Å². The fraction of sp³-hybridized carbons (Fsp3) is 0.263. The van der Waals surface area contributed by atoms with Gasteiger partial charge in [-0.15, -0.1) is 10.2 Å². The van der Waals surface area contributed by atoms with Gasteiger partial charge >= 0.3 is 0 Å². The Bertz CT molecular complexity index is 957. The summed E-state index contributed by atoms with van der Waals surface area (Å²) < 4.78 is 1.99.